The molecule has 2 amide bonds. The molecule has 1 aromatic carbocycles. The number of aliphatic hydroxyl groups is 1. The second-order valence-corrected chi connectivity index (χ2v) is 8.47. The molecule has 1 saturated heterocycles. The topological polar surface area (TPSA) is 73.4 Å². The minimum Gasteiger partial charge on any atom is -0.396 e. The van der Waals surface area contributed by atoms with Crippen LogP contribution in [0, 0.1) is 0 Å². The summed E-state index contributed by atoms with van der Waals surface area (Å²) in [4.78, 5) is 12.4. The third-order valence-corrected chi connectivity index (χ3v) is 4.78. The van der Waals surface area contributed by atoms with Crippen molar-refractivity contribution < 1.29 is 9.90 Å². The lowest BCUT2D eigenvalue weighted by atomic mass is 9.80. The molecule has 0 bridgehead atoms. The van der Waals surface area contributed by atoms with Crippen molar-refractivity contribution in [2.45, 2.75) is 70.0 Å². The first kappa shape index (κ1) is 19.7. The van der Waals surface area contributed by atoms with Crippen LogP contribution in [0.5, 0.6) is 0 Å². The van der Waals surface area contributed by atoms with Gasteiger partial charge in [0, 0.05) is 36.2 Å². The van der Waals surface area contributed by atoms with E-state index in [4.69, 9.17) is 0 Å². The molecule has 1 atom stereocenters. The predicted octanol–water partition coefficient (Wildman–Crippen LogP) is 2.76. The molecule has 1 fully saturated rings. The van der Waals surface area contributed by atoms with Crippen LogP contribution in [0.25, 0.3) is 0 Å². The Kier molecular flexibility index (Phi) is 6.47. The number of amides is 2. The van der Waals surface area contributed by atoms with E-state index in [-0.39, 0.29) is 35.7 Å². The molecule has 1 aromatic rings. The van der Waals surface area contributed by atoms with Gasteiger partial charge in [-0.2, -0.15) is 0 Å². The summed E-state index contributed by atoms with van der Waals surface area (Å²) >= 11 is 0. The number of rotatable bonds is 6. The molecule has 5 heteroatoms. The van der Waals surface area contributed by atoms with E-state index >= 15 is 0 Å². The lowest BCUT2D eigenvalue weighted by molar-refractivity contribution is 0.147. The first-order valence-corrected chi connectivity index (χ1v) is 9.20. The van der Waals surface area contributed by atoms with Gasteiger partial charge in [-0.1, -0.05) is 30.3 Å². The van der Waals surface area contributed by atoms with Crippen LogP contribution in [0.1, 0.15) is 58.4 Å². The van der Waals surface area contributed by atoms with Crippen molar-refractivity contribution in [3.63, 3.8) is 0 Å². The average Bonchev–Trinajstić information content (AvgIpc) is 2.49. The van der Waals surface area contributed by atoms with E-state index in [0.29, 0.717) is 13.0 Å². The predicted molar refractivity (Wildman–Crippen MR) is 102 cm³/mol. The Balaban J connectivity index is 1.88. The molecule has 25 heavy (non-hydrogen) atoms. The summed E-state index contributed by atoms with van der Waals surface area (Å²) in [6.07, 6.45) is 2.45. The fourth-order valence-electron chi connectivity index (χ4n) is 4.14. The zero-order valence-corrected chi connectivity index (χ0v) is 15.9. The summed E-state index contributed by atoms with van der Waals surface area (Å²) in [6.45, 7) is 9.33. The van der Waals surface area contributed by atoms with Gasteiger partial charge in [-0.3, -0.25) is 0 Å². The highest BCUT2D eigenvalue weighted by molar-refractivity contribution is 5.74. The van der Waals surface area contributed by atoms with E-state index in [0.717, 1.165) is 18.4 Å². The Labute approximate surface area is 151 Å². The number of aliphatic hydroxyl groups excluding tert-OH is 1. The van der Waals surface area contributed by atoms with Crippen molar-refractivity contribution in [2.24, 2.45) is 0 Å². The van der Waals surface area contributed by atoms with Crippen molar-refractivity contribution in [3.05, 3.63) is 35.9 Å². The zero-order chi connectivity index (χ0) is 18.5. The second-order valence-electron chi connectivity index (χ2n) is 8.47. The lowest BCUT2D eigenvalue weighted by Gasteiger charge is -2.46. The number of hydrogen-bond donors (Lipinski definition) is 4. The lowest BCUT2D eigenvalue weighted by Crippen LogP contribution is -2.62. The van der Waals surface area contributed by atoms with E-state index in [2.05, 4.69) is 43.6 Å². The average molecular weight is 348 g/mol. The van der Waals surface area contributed by atoms with Gasteiger partial charge in [0.25, 0.3) is 0 Å². The number of nitrogens with one attached hydrogen (secondary N) is 3. The third kappa shape index (κ3) is 6.33. The Morgan fingerprint density at radius 3 is 2.36 bits per heavy atom. The van der Waals surface area contributed by atoms with Gasteiger partial charge in [0.1, 0.15) is 0 Å². The minimum atomic E-state index is -0.127. The molecule has 1 heterocycles. The number of piperidine rings is 1. The maximum absolute atomic E-state index is 12.4. The molecule has 0 saturated carbocycles. The Morgan fingerprint density at radius 1 is 1.20 bits per heavy atom. The van der Waals surface area contributed by atoms with Crippen molar-refractivity contribution in [1.29, 1.82) is 0 Å². The maximum Gasteiger partial charge on any atom is 0.315 e. The SMILES string of the molecule is CC1(C)CC(NC(=O)NCC(CCO)c2ccccc2)CC(C)(C)N1. The monoisotopic (exact) mass is 347 g/mol. The van der Waals surface area contributed by atoms with Crippen molar-refractivity contribution in [2.75, 3.05) is 13.2 Å². The molecule has 0 spiro atoms. The minimum absolute atomic E-state index is 0.00313. The summed E-state index contributed by atoms with van der Waals surface area (Å²) in [5.41, 5.74) is 1.15. The van der Waals surface area contributed by atoms with Crippen LogP contribution >= 0.6 is 0 Å². The highest BCUT2D eigenvalue weighted by Gasteiger charge is 2.38. The summed E-state index contributed by atoms with van der Waals surface area (Å²) in [5.74, 6) is 0.123. The molecule has 5 nitrogen and oxygen atoms in total. The quantitative estimate of drug-likeness (QED) is 0.639. The van der Waals surface area contributed by atoms with Gasteiger partial charge in [-0.05, 0) is 52.5 Å². The Morgan fingerprint density at radius 2 is 1.80 bits per heavy atom. The number of carbonyl (C=O) groups is 1. The first-order valence-electron chi connectivity index (χ1n) is 9.20. The number of hydrogen-bond acceptors (Lipinski definition) is 3. The molecular weight excluding hydrogens is 314 g/mol. The standard InChI is InChI=1S/C20H33N3O2/c1-19(2)12-17(13-20(3,4)23-19)22-18(25)21-14-16(10-11-24)15-8-6-5-7-9-15/h5-9,16-17,23-24H,10-14H2,1-4H3,(H2,21,22,25). The molecule has 1 aliphatic heterocycles. The van der Waals surface area contributed by atoms with Gasteiger partial charge in [0.15, 0.2) is 0 Å². The van der Waals surface area contributed by atoms with Gasteiger partial charge in [0.2, 0.25) is 0 Å². The van der Waals surface area contributed by atoms with Crippen LogP contribution in [0.4, 0.5) is 4.79 Å². The molecule has 1 unspecified atom stereocenters. The van der Waals surface area contributed by atoms with Crippen molar-refractivity contribution in [3.8, 4) is 0 Å². The van der Waals surface area contributed by atoms with Crippen LogP contribution in [-0.4, -0.2) is 41.4 Å². The smallest absolute Gasteiger partial charge is 0.315 e. The summed E-state index contributed by atoms with van der Waals surface area (Å²) in [6, 6.07) is 10.0. The molecule has 2 rings (SSSR count). The Bertz CT molecular complexity index is 541. The van der Waals surface area contributed by atoms with Gasteiger partial charge < -0.3 is 21.1 Å². The van der Waals surface area contributed by atoms with Gasteiger partial charge in [0.05, 0.1) is 0 Å². The van der Waals surface area contributed by atoms with Crippen LogP contribution in [-0.2, 0) is 0 Å². The number of carbonyl (C=O) groups excluding carboxylic acids is 1. The van der Waals surface area contributed by atoms with E-state index in [1.165, 1.54) is 0 Å². The van der Waals surface area contributed by atoms with Gasteiger partial charge >= 0.3 is 6.03 Å². The highest BCUT2D eigenvalue weighted by Crippen LogP contribution is 2.28. The fraction of sp³-hybridized carbons (Fsp3) is 0.650. The van der Waals surface area contributed by atoms with Crippen molar-refractivity contribution in [1.82, 2.24) is 16.0 Å². The molecule has 0 aliphatic carbocycles. The van der Waals surface area contributed by atoms with E-state index < -0.39 is 0 Å². The summed E-state index contributed by atoms with van der Waals surface area (Å²) < 4.78 is 0. The Hall–Kier alpha value is -1.59. The molecule has 1 aliphatic rings. The van der Waals surface area contributed by atoms with Crippen LogP contribution in [0.3, 0.4) is 0 Å². The normalized spacial score (nSPS) is 20.7. The molecule has 0 aromatic heterocycles. The van der Waals surface area contributed by atoms with Crippen LogP contribution in [0.15, 0.2) is 30.3 Å². The molecule has 140 valence electrons. The fourth-order valence-corrected chi connectivity index (χ4v) is 4.14. The highest BCUT2D eigenvalue weighted by atomic mass is 16.3. The van der Waals surface area contributed by atoms with Gasteiger partial charge in [-0.15, -0.1) is 0 Å². The molecule has 4 N–H and O–H groups in total. The van der Waals surface area contributed by atoms with Crippen LogP contribution < -0.4 is 16.0 Å². The maximum atomic E-state index is 12.4. The summed E-state index contributed by atoms with van der Waals surface area (Å²) in [7, 11) is 0. The zero-order valence-electron chi connectivity index (χ0n) is 15.9. The van der Waals surface area contributed by atoms with Crippen molar-refractivity contribution >= 4 is 6.03 Å². The molecular formula is C20H33N3O2. The van der Waals surface area contributed by atoms with E-state index in [9.17, 15) is 9.90 Å². The second kappa shape index (κ2) is 8.19. The first-order chi connectivity index (χ1) is 11.7. The van der Waals surface area contributed by atoms with Crippen LogP contribution in [0.2, 0.25) is 0 Å². The number of urea groups is 1. The largest absolute Gasteiger partial charge is 0.396 e. The number of benzene rings is 1. The van der Waals surface area contributed by atoms with E-state index in [1.54, 1.807) is 0 Å². The molecule has 0 radical (unpaired) electrons. The third-order valence-electron chi connectivity index (χ3n) is 4.78. The summed E-state index contributed by atoms with van der Waals surface area (Å²) in [5, 5.41) is 19.0. The van der Waals surface area contributed by atoms with Gasteiger partial charge in [-0.25, -0.2) is 4.79 Å². The van der Waals surface area contributed by atoms with E-state index in [1.807, 2.05) is 30.3 Å².